The standard InChI is InChI=1S/6C5H10O2.4C2H6O.3Fe.NO3.O/c6*1-5(2,3)4(6)7;4*1-2-3;;;;2-1(3)4;/h6*1-3H3,(H,6,7);4*3H,2H2,1H3;;;;;/q;;;;;;;;;;3*+3;-1;-2/p-6. The van der Waals surface area contributed by atoms with Crippen molar-refractivity contribution in [1.29, 1.82) is 0 Å². The fourth-order valence-corrected chi connectivity index (χ4v) is 0. The molecule has 3 radical (unpaired) electrons. The first-order valence-electron chi connectivity index (χ1n) is 17.6. The summed E-state index contributed by atoms with van der Waals surface area (Å²) in [4.78, 5) is 67.7. The van der Waals surface area contributed by atoms with E-state index in [4.69, 9.17) is 35.7 Å². The summed E-state index contributed by atoms with van der Waals surface area (Å²) in [6.07, 6.45) is 0. The van der Waals surface area contributed by atoms with Gasteiger partial charge in [-0.25, -0.2) is 0 Å². The number of hydrogen-bond acceptors (Lipinski definition) is 19. The van der Waals surface area contributed by atoms with E-state index in [2.05, 4.69) is 0 Å². The van der Waals surface area contributed by atoms with Gasteiger partial charge in [-0.3, -0.25) is 0 Å². The molecule has 0 rings (SSSR count). The quantitative estimate of drug-likeness (QED) is 0.120. The average Bonchev–Trinajstić information content (AvgIpc) is 2.93. The predicted octanol–water partition coefficient (Wildman–Crippen LogP) is -1.68. The van der Waals surface area contributed by atoms with Crippen LogP contribution in [0.2, 0.25) is 0 Å². The Labute approximate surface area is 402 Å². The third-order valence-electron chi connectivity index (χ3n) is 3.67. The average molecular weight is 1040 g/mol. The van der Waals surface area contributed by atoms with Gasteiger partial charge in [0, 0.05) is 94.7 Å². The van der Waals surface area contributed by atoms with Crippen molar-refractivity contribution in [2.75, 3.05) is 26.4 Å². The van der Waals surface area contributed by atoms with Crippen LogP contribution in [0, 0.1) is 47.8 Å². The summed E-state index contributed by atoms with van der Waals surface area (Å²) < 4.78 is 0. The second-order valence-corrected chi connectivity index (χ2v) is 16.7. The molecule has 0 spiro atoms. The van der Waals surface area contributed by atoms with E-state index in [1.54, 1.807) is 152 Å². The van der Waals surface area contributed by atoms with E-state index in [0.29, 0.717) is 0 Å². The number of aliphatic hydroxyl groups excluding tert-OH is 4. The number of rotatable bonds is 0. The number of carboxylic acids is 6. The maximum absolute atomic E-state index is 9.91. The van der Waals surface area contributed by atoms with Crippen LogP contribution < -0.4 is 30.6 Å². The minimum atomic E-state index is -1.75. The van der Waals surface area contributed by atoms with Gasteiger partial charge in [-0.05, 0) is 27.7 Å². The van der Waals surface area contributed by atoms with Crippen molar-refractivity contribution in [1.82, 2.24) is 0 Å². The fourth-order valence-electron chi connectivity index (χ4n) is 0. The zero-order chi connectivity index (χ0) is 50.9. The summed E-state index contributed by atoms with van der Waals surface area (Å²) in [7, 11) is 0. The molecule has 0 fully saturated rings. The normalized spacial score (nSPS) is 9.19. The van der Waals surface area contributed by atoms with Crippen LogP contribution in [-0.4, -0.2) is 87.8 Å². The minimum absolute atomic E-state index is 0. The molecule has 62 heavy (non-hydrogen) atoms. The zero-order valence-electron chi connectivity index (χ0n) is 40.7. The molecular weight excluding hydrogens is 958 g/mol. The third kappa shape index (κ3) is 164. The zero-order valence-corrected chi connectivity index (χ0v) is 44.0. The van der Waals surface area contributed by atoms with Crippen LogP contribution in [0.3, 0.4) is 0 Å². The molecule has 379 valence electrons. The molecule has 21 nitrogen and oxygen atoms in total. The van der Waals surface area contributed by atoms with Gasteiger partial charge in [-0.15, -0.1) is 0 Å². The number of nitrogens with zero attached hydrogens (tertiary/aromatic N) is 1. The van der Waals surface area contributed by atoms with E-state index in [1.165, 1.54) is 0 Å². The molecule has 0 atom stereocenters. The van der Waals surface area contributed by atoms with Crippen molar-refractivity contribution >= 4 is 35.8 Å². The molecule has 0 aromatic heterocycles. The maximum Gasteiger partial charge on any atom is 3.00 e. The molecule has 0 aliphatic heterocycles. The molecule has 0 bridgehead atoms. The van der Waals surface area contributed by atoms with Gasteiger partial charge in [0.15, 0.2) is 0 Å². The summed E-state index contributed by atoms with van der Waals surface area (Å²) in [6, 6.07) is 0. The first-order valence-corrected chi connectivity index (χ1v) is 17.6. The Kier molecular flexibility index (Phi) is 93.5. The van der Waals surface area contributed by atoms with Crippen molar-refractivity contribution in [2.45, 2.75) is 152 Å². The van der Waals surface area contributed by atoms with Gasteiger partial charge in [-0.2, -0.15) is 0 Å². The Hall–Kier alpha value is -2.62. The number of aliphatic hydroxyl groups is 4. The first-order chi connectivity index (χ1) is 25.0. The Balaban J connectivity index is -0.0000000304. The van der Waals surface area contributed by atoms with Gasteiger partial charge in [0.05, 0.1) is 5.09 Å². The maximum atomic E-state index is 9.91. The van der Waals surface area contributed by atoms with Crippen LogP contribution in [0.25, 0.3) is 0 Å². The summed E-state index contributed by atoms with van der Waals surface area (Å²) in [5.74, 6) is -6.04. The predicted molar refractivity (Wildman–Crippen MR) is 209 cm³/mol. The van der Waals surface area contributed by atoms with Crippen molar-refractivity contribution in [3.05, 3.63) is 15.3 Å². The van der Waals surface area contributed by atoms with Gasteiger partial charge < -0.3 is 101 Å². The molecule has 0 saturated carbocycles. The fraction of sp³-hybridized carbons (Fsp3) is 0.842. The third-order valence-corrected chi connectivity index (χ3v) is 3.67. The summed E-state index contributed by atoms with van der Waals surface area (Å²) >= 11 is 0. The van der Waals surface area contributed by atoms with Crippen molar-refractivity contribution < 1.29 is 142 Å². The number of carbonyl (C=O) groups excluding carboxylic acids is 6. The second-order valence-electron chi connectivity index (χ2n) is 16.7. The summed E-state index contributed by atoms with van der Waals surface area (Å²) in [5.41, 5.74) is -4.17. The van der Waals surface area contributed by atoms with E-state index < -0.39 is 73.4 Å². The van der Waals surface area contributed by atoms with Gasteiger partial charge in [0.1, 0.15) is 0 Å². The molecule has 0 aliphatic carbocycles. The summed E-state index contributed by atoms with van der Waals surface area (Å²) in [6.45, 7) is 36.5. The molecule has 4 N–H and O–H groups in total. The van der Waals surface area contributed by atoms with Crippen LogP contribution >= 0.6 is 0 Å². The van der Waals surface area contributed by atoms with Crippen LogP contribution in [0.4, 0.5) is 0 Å². The second kappa shape index (κ2) is 56.4. The molecule has 0 heterocycles. The Bertz CT molecular complexity index is 838. The Morgan fingerprint density at radius 3 is 0.355 bits per heavy atom. The van der Waals surface area contributed by atoms with E-state index in [9.17, 15) is 59.4 Å². The number of carbonyl (C=O) groups is 6. The first kappa shape index (κ1) is 103. The van der Waals surface area contributed by atoms with Crippen LogP contribution in [0.1, 0.15) is 152 Å². The number of hydrogen-bond donors (Lipinski definition) is 4. The van der Waals surface area contributed by atoms with Crippen molar-refractivity contribution in [2.24, 2.45) is 32.5 Å². The van der Waals surface area contributed by atoms with Crippen LogP contribution in [-0.2, 0) is 85.4 Å². The smallest absolute Gasteiger partial charge is 2.00 e. The monoisotopic (exact) mass is 1040 g/mol. The Morgan fingerprint density at radius 1 is 0.339 bits per heavy atom. The van der Waals surface area contributed by atoms with Crippen molar-refractivity contribution in [3.8, 4) is 0 Å². The van der Waals surface area contributed by atoms with Crippen LogP contribution in [0.5, 0.6) is 0 Å². The summed E-state index contributed by atoms with van der Waals surface area (Å²) in [5, 5.41) is 104. The van der Waals surface area contributed by atoms with E-state index in [-0.39, 0.29) is 83.1 Å². The molecule has 0 aromatic carbocycles. The largest absolute Gasteiger partial charge is 3.00 e. The van der Waals surface area contributed by atoms with E-state index >= 15 is 0 Å². The molecule has 0 saturated heterocycles. The number of carboxylic acid groups (broad SMARTS) is 6. The minimum Gasteiger partial charge on any atom is -2.00 e. The van der Waals surface area contributed by atoms with E-state index in [0.717, 1.165) is 0 Å². The topological polar surface area (TPSA) is 416 Å². The van der Waals surface area contributed by atoms with Gasteiger partial charge in [0.2, 0.25) is 0 Å². The molecular formula is C38H78Fe3NO20. The molecule has 0 aliphatic rings. The number of aliphatic carboxylic acids is 6. The van der Waals surface area contributed by atoms with Gasteiger partial charge in [0.25, 0.3) is 0 Å². The SMILES string of the molecule is CC(C)(C)C(=O)[O-].CC(C)(C)C(=O)[O-].CC(C)(C)C(=O)[O-].CC(C)(C)C(=O)[O-].CC(C)(C)C(=O)[O-].CC(C)(C)C(=O)[O-].CCO.CCO.CCO.CCO.O=[N+]([O-])[O-].[Fe+3].[Fe+3].[Fe+3].[O-2]. The van der Waals surface area contributed by atoms with Crippen LogP contribution in [0.15, 0.2) is 0 Å². The molecule has 0 aromatic rings. The van der Waals surface area contributed by atoms with Gasteiger partial charge in [-0.1, -0.05) is 125 Å². The van der Waals surface area contributed by atoms with Gasteiger partial charge >= 0.3 is 51.2 Å². The van der Waals surface area contributed by atoms with E-state index in [1.807, 2.05) is 0 Å². The van der Waals surface area contributed by atoms with Crippen molar-refractivity contribution in [3.63, 3.8) is 0 Å². The molecule has 0 amide bonds. The Morgan fingerprint density at radius 2 is 0.355 bits per heavy atom. The molecule has 24 heteroatoms. The molecule has 0 unspecified atom stereocenters.